The lowest BCUT2D eigenvalue weighted by molar-refractivity contribution is 0.171. The molecule has 4 rings (SSSR count). The number of anilines is 1. The molecule has 0 aliphatic carbocycles. The number of benzene rings is 2. The molecule has 0 atom stereocenters. The van der Waals surface area contributed by atoms with Gasteiger partial charge in [-0.1, -0.05) is 0 Å². The van der Waals surface area contributed by atoms with Gasteiger partial charge in [0.25, 0.3) is 0 Å². The molecule has 0 fully saturated rings. The van der Waals surface area contributed by atoms with Crippen molar-refractivity contribution in [1.82, 2.24) is 9.97 Å². The van der Waals surface area contributed by atoms with Crippen molar-refractivity contribution in [2.45, 2.75) is 6.54 Å². The molecule has 1 aromatic heterocycles. The predicted molar refractivity (Wildman–Crippen MR) is 104 cm³/mol. The molecule has 0 amide bonds. The smallest absolute Gasteiger partial charge is 0.163 e. The Hall–Kier alpha value is -3.28. The van der Waals surface area contributed by atoms with E-state index in [0.29, 0.717) is 25.6 Å². The molecule has 1 aliphatic heterocycles. The normalized spacial score (nSPS) is 12.5. The molecule has 0 saturated heterocycles. The highest BCUT2D eigenvalue weighted by atomic mass is 16.6. The highest BCUT2D eigenvalue weighted by Gasteiger charge is 2.13. The van der Waals surface area contributed by atoms with Crippen LogP contribution in [0.4, 0.5) is 5.69 Å². The number of ether oxygens (including phenoxy) is 3. The van der Waals surface area contributed by atoms with Crippen molar-refractivity contribution in [3.63, 3.8) is 0 Å². The summed E-state index contributed by atoms with van der Waals surface area (Å²) in [7, 11) is 3.68. The largest absolute Gasteiger partial charge is 0.497 e. The van der Waals surface area contributed by atoms with Crippen LogP contribution >= 0.6 is 0 Å². The summed E-state index contributed by atoms with van der Waals surface area (Å²) >= 11 is 0. The molecule has 0 radical (unpaired) electrons. The number of rotatable bonds is 5. The molecule has 2 aromatic carbocycles. The lowest BCUT2D eigenvalue weighted by Crippen LogP contribution is -2.19. The minimum absolute atomic E-state index is 0.584. The van der Waals surface area contributed by atoms with Crippen LogP contribution in [0.5, 0.6) is 17.2 Å². The summed E-state index contributed by atoms with van der Waals surface area (Å²) in [6, 6.07) is 13.7. The maximum atomic E-state index is 5.66. The van der Waals surface area contributed by atoms with Crippen LogP contribution in [0.3, 0.4) is 0 Å². The number of aromatic nitrogens is 2. The number of hydrogen-bond donors (Lipinski definition) is 0. The van der Waals surface area contributed by atoms with Gasteiger partial charge in [-0.05, 0) is 36.4 Å². The molecule has 0 N–H and O–H groups in total. The fraction of sp³-hybridized carbons (Fsp3) is 0.238. The molecule has 27 heavy (non-hydrogen) atoms. The minimum atomic E-state index is 0.584. The van der Waals surface area contributed by atoms with Crippen LogP contribution in [-0.2, 0) is 6.54 Å². The van der Waals surface area contributed by atoms with E-state index in [4.69, 9.17) is 14.2 Å². The van der Waals surface area contributed by atoms with Crippen LogP contribution in [0.15, 0.2) is 54.9 Å². The third kappa shape index (κ3) is 3.79. The molecule has 0 spiro atoms. The first kappa shape index (κ1) is 17.1. The first-order valence-corrected chi connectivity index (χ1v) is 8.79. The maximum Gasteiger partial charge on any atom is 0.163 e. The van der Waals surface area contributed by atoms with Crippen LogP contribution in [0.1, 0.15) is 5.56 Å². The minimum Gasteiger partial charge on any atom is -0.497 e. The summed E-state index contributed by atoms with van der Waals surface area (Å²) in [5.41, 5.74) is 3.05. The molecule has 138 valence electrons. The Balaban J connectivity index is 1.46. The fourth-order valence-electron chi connectivity index (χ4n) is 2.96. The molecule has 6 nitrogen and oxygen atoms in total. The van der Waals surface area contributed by atoms with E-state index in [1.54, 1.807) is 7.11 Å². The van der Waals surface area contributed by atoms with Gasteiger partial charge in [0, 0.05) is 48.9 Å². The summed E-state index contributed by atoms with van der Waals surface area (Å²) in [4.78, 5) is 11.1. The Morgan fingerprint density at radius 1 is 0.963 bits per heavy atom. The van der Waals surface area contributed by atoms with Crippen molar-refractivity contribution in [3.05, 3.63) is 60.4 Å². The Kier molecular flexibility index (Phi) is 4.78. The first-order chi connectivity index (χ1) is 13.2. The van der Waals surface area contributed by atoms with Gasteiger partial charge in [0.1, 0.15) is 19.0 Å². The van der Waals surface area contributed by atoms with Crippen molar-refractivity contribution in [3.8, 4) is 28.6 Å². The van der Waals surface area contributed by atoms with Crippen LogP contribution in [0.25, 0.3) is 11.4 Å². The topological polar surface area (TPSA) is 56.7 Å². The molecular weight excluding hydrogens is 342 g/mol. The highest BCUT2D eigenvalue weighted by Crippen LogP contribution is 2.34. The Morgan fingerprint density at radius 3 is 2.37 bits per heavy atom. The van der Waals surface area contributed by atoms with Gasteiger partial charge in [-0.3, -0.25) is 0 Å². The van der Waals surface area contributed by atoms with Crippen molar-refractivity contribution in [2.75, 3.05) is 32.3 Å². The zero-order chi connectivity index (χ0) is 18.6. The third-order valence-electron chi connectivity index (χ3n) is 4.44. The third-order valence-corrected chi connectivity index (χ3v) is 4.44. The molecule has 0 bridgehead atoms. The number of methoxy groups -OCH3 is 1. The van der Waals surface area contributed by atoms with Crippen molar-refractivity contribution >= 4 is 5.69 Å². The maximum absolute atomic E-state index is 5.66. The van der Waals surface area contributed by atoms with Gasteiger partial charge in [0.2, 0.25) is 0 Å². The lowest BCUT2D eigenvalue weighted by atomic mass is 10.2. The highest BCUT2D eigenvalue weighted by molar-refractivity contribution is 5.57. The summed E-state index contributed by atoms with van der Waals surface area (Å²) < 4.78 is 16.4. The van der Waals surface area contributed by atoms with E-state index >= 15 is 0 Å². The molecule has 0 unspecified atom stereocenters. The summed E-state index contributed by atoms with van der Waals surface area (Å²) in [5.74, 6) is 3.10. The quantitative estimate of drug-likeness (QED) is 0.691. The summed E-state index contributed by atoms with van der Waals surface area (Å²) in [6.07, 6.45) is 3.72. The van der Waals surface area contributed by atoms with Gasteiger partial charge in [-0.15, -0.1) is 0 Å². The van der Waals surface area contributed by atoms with E-state index in [2.05, 4.69) is 14.9 Å². The van der Waals surface area contributed by atoms with E-state index in [-0.39, 0.29) is 0 Å². The second-order valence-corrected chi connectivity index (χ2v) is 6.33. The van der Waals surface area contributed by atoms with Gasteiger partial charge in [-0.2, -0.15) is 0 Å². The van der Waals surface area contributed by atoms with Crippen molar-refractivity contribution in [2.24, 2.45) is 0 Å². The van der Waals surface area contributed by atoms with E-state index in [1.165, 1.54) is 0 Å². The standard InChI is InChI=1S/C21H21N3O3/c1-24(17-5-8-19-20(11-17)27-10-9-26-19)14-15-12-22-21(23-13-15)16-3-6-18(25-2)7-4-16/h3-8,11-13H,9-10,14H2,1-2H3. The van der Waals surface area contributed by atoms with Gasteiger partial charge < -0.3 is 19.1 Å². The lowest BCUT2D eigenvalue weighted by Gasteiger charge is -2.23. The Morgan fingerprint density at radius 2 is 1.67 bits per heavy atom. The molecular formula is C21H21N3O3. The second-order valence-electron chi connectivity index (χ2n) is 6.33. The average Bonchev–Trinajstić information content (AvgIpc) is 2.74. The molecule has 1 aliphatic rings. The Bertz CT molecular complexity index is 911. The second kappa shape index (κ2) is 7.53. The van der Waals surface area contributed by atoms with Gasteiger partial charge >= 0.3 is 0 Å². The van der Waals surface area contributed by atoms with Crippen molar-refractivity contribution in [1.29, 1.82) is 0 Å². The molecule has 0 saturated carbocycles. The van der Waals surface area contributed by atoms with Gasteiger partial charge in [0.05, 0.1) is 7.11 Å². The van der Waals surface area contributed by atoms with Gasteiger partial charge in [-0.25, -0.2) is 9.97 Å². The molecule has 3 aromatic rings. The number of nitrogens with zero attached hydrogens (tertiary/aromatic N) is 3. The van der Waals surface area contributed by atoms with Crippen molar-refractivity contribution < 1.29 is 14.2 Å². The first-order valence-electron chi connectivity index (χ1n) is 8.79. The summed E-state index contributed by atoms with van der Waals surface area (Å²) in [5, 5.41) is 0. The number of fused-ring (bicyclic) bond motifs is 1. The SMILES string of the molecule is COc1ccc(-c2ncc(CN(C)c3ccc4c(c3)OCCO4)cn2)cc1. The summed E-state index contributed by atoms with van der Waals surface area (Å²) in [6.45, 7) is 1.88. The van der Waals surface area contributed by atoms with E-state index in [9.17, 15) is 0 Å². The molecule has 2 heterocycles. The van der Waals surface area contributed by atoms with Crippen LogP contribution in [0.2, 0.25) is 0 Å². The van der Waals surface area contributed by atoms with Crippen LogP contribution in [-0.4, -0.2) is 37.3 Å². The fourth-order valence-corrected chi connectivity index (χ4v) is 2.96. The zero-order valence-corrected chi connectivity index (χ0v) is 15.4. The van der Waals surface area contributed by atoms with E-state index in [0.717, 1.165) is 34.1 Å². The molecule has 6 heteroatoms. The van der Waals surface area contributed by atoms with Crippen LogP contribution in [0, 0.1) is 0 Å². The average molecular weight is 363 g/mol. The zero-order valence-electron chi connectivity index (χ0n) is 15.4. The Labute approximate surface area is 158 Å². The number of hydrogen-bond acceptors (Lipinski definition) is 6. The monoisotopic (exact) mass is 363 g/mol. The van der Waals surface area contributed by atoms with Gasteiger partial charge in [0.15, 0.2) is 17.3 Å². The van der Waals surface area contributed by atoms with E-state index in [1.807, 2.05) is 61.9 Å². The van der Waals surface area contributed by atoms with Crippen LogP contribution < -0.4 is 19.1 Å². The predicted octanol–water partition coefficient (Wildman–Crippen LogP) is 3.56. The van der Waals surface area contributed by atoms with E-state index < -0.39 is 0 Å².